The molecule has 3 heterocycles. The van der Waals surface area contributed by atoms with E-state index in [1.165, 1.54) is 0 Å². The monoisotopic (exact) mass is 371 g/mol. The normalized spacial score (nSPS) is 22.2. The fourth-order valence-corrected chi connectivity index (χ4v) is 4.07. The minimum Gasteiger partial charge on any atom is -0.337 e. The third-order valence-electron chi connectivity index (χ3n) is 4.42. The van der Waals surface area contributed by atoms with Gasteiger partial charge in [0.1, 0.15) is 10.7 Å². The maximum atomic E-state index is 12.6. The molecule has 0 radical (unpaired) electrons. The number of thiazole rings is 1. The number of fused-ring (bicyclic) bond motifs is 1. The summed E-state index contributed by atoms with van der Waals surface area (Å²) in [5.74, 6) is 1.34. The van der Waals surface area contributed by atoms with Crippen LogP contribution in [0.4, 0.5) is 0 Å². The molecule has 4 nitrogen and oxygen atoms in total. The van der Waals surface area contributed by atoms with E-state index in [1.807, 2.05) is 40.6 Å². The van der Waals surface area contributed by atoms with Crippen molar-refractivity contribution in [1.29, 1.82) is 0 Å². The number of carbonyl (C=O) groups is 1. The summed E-state index contributed by atoms with van der Waals surface area (Å²) < 4.78 is 0. The predicted octanol–water partition coefficient (Wildman–Crippen LogP) is 2.95. The predicted molar refractivity (Wildman–Crippen MR) is 97.8 cm³/mol. The highest BCUT2D eigenvalue weighted by Gasteiger charge is 2.38. The molecule has 2 aliphatic heterocycles. The maximum absolute atomic E-state index is 12.6. The van der Waals surface area contributed by atoms with Crippen LogP contribution in [0, 0.1) is 11.8 Å². The van der Waals surface area contributed by atoms with E-state index < -0.39 is 0 Å². The molecule has 2 saturated heterocycles. The van der Waals surface area contributed by atoms with Crippen LogP contribution >= 0.6 is 36.2 Å². The Hall–Kier alpha value is -1.14. The zero-order chi connectivity index (χ0) is 14.2. The van der Waals surface area contributed by atoms with Gasteiger partial charge in [-0.3, -0.25) is 4.79 Å². The van der Waals surface area contributed by atoms with E-state index in [9.17, 15) is 4.79 Å². The molecular weight excluding hydrogens is 353 g/mol. The van der Waals surface area contributed by atoms with Crippen molar-refractivity contribution in [2.45, 2.75) is 0 Å². The zero-order valence-corrected chi connectivity index (χ0v) is 14.9. The first-order valence-corrected chi connectivity index (χ1v) is 8.20. The van der Waals surface area contributed by atoms with E-state index in [1.54, 1.807) is 11.3 Å². The van der Waals surface area contributed by atoms with E-state index in [0.717, 1.165) is 36.8 Å². The summed E-state index contributed by atoms with van der Waals surface area (Å²) in [4.78, 5) is 19.1. The first kappa shape index (κ1) is 18.2. The molecule has 1 amide bonds. The lowest BCUT2D eigenvalue weighted by atomic mass is 10.0. The van der Waals surface area contributed by atoms with Crippen LogP contribution in [0.2, 0.25) is 0 Å². The van der Waals surface area contributed by atoms with Crippen LogP contribution in [-0.4, -0.2) is 42.0 Å². The Kier molecular flexibility index (Phi) is 6.03. The summed E-state index contributed by atoms with van der Waals surface area (Å²) in [5.41, 5.74) is 1.66. The number of halogens is 2. The van der Waals surface area contributed by atoms with E-state index in [4.69, 9.17) is 0 Å². The minimum absolute atomic E-state index is 0. The molecule has 7 heteroatoms. The lowest BCUT2D eigenvalue weighted by Gasteiger charge is -2.15. The smallest absolute Gasteiger partial charge is 0.273 e. The van der Waals surface area contributed by atoms with Crippen molar-refractivity contribution in [3.63, 3.8) is 0 Å². The summed E-state index contributed by atoms with van der Waals surface area (Å²) in [6.07, 6.45) is 0. The Balaban J connectivity index is 0.000000960. The second-order valence-electron chi connectivity index (χ2n) is 5.79. The summed E-state index contributed by atoms with van der Waals surface area (Å²) in [6.45, 7) is 3.82. The van der Waals surface area contributed by atoms with Crippen LogP contribution in [0.1, 0.15) is 10.5 Å². The highest BCUT2D eigenvalue weighted by molar-refractivity contribution is 7.13. The van der Waals surface area contributed by atoms with Gasteiger partial charge in [-0.05, 0) is 11.8 Å². The quantitative estimate of drug-likeness (QED) is 0.882. The highest BCUT2D eigenvalue weighted by atomic mass is 35.5. The Bertz CT molecular complexity index is 652. The largest absolute Gasteiger partial charge is 0.337 e. The fraction of sp³-hybridized carbons (Fsp3) is 0.375. The van der Waals surface area contributed by atoms with E-state index in [0.29, 0.717) is 17.5 Å². The van der Waals surface area contributed by atoms with Gasteiger partial charge in [0.2, 0.25) is 0 Å². The van der Waals surface area contributed by atoms with Crippen molar-refractivity contribution in [2.24, 2.45) is 11.8 Å². The van der Waals surface area contributed by atoms with Crippen molar-refractivity contribution in [3.8, 4) is 10.6 Å². The summed E-state index contributed by atoms with van der Waals surface area (Å²) >= 11 is 1.54. The second-order valence-corrected chi connectivity index (χ2v) is 6.65. The van der Waals surface area contributed by atoms with Crippen molar-refractivity contribution >= 4 is 42.1 Å². The van der Waals surface area contributed by atoms with Gasteiger partial charge in [0.05, 0.1) is 0 Å². The number of likely N-dealkylation sites (tertiary alicyclic amines) is 1. The van der Waals surface area contributed by atoms with Crippen LogP contribution in [0.15, 0.2) is 35.7 Å². The van der Waals surface area contributed by atoms with Gasteiger partial charge in [-0.1, -0.05) is 30.3 Å². The zero-order valence-electron chi connectivity index (χ0n) is 12.5. The molecule has 2 fully saturated rings. The molecule has 23 heavy (non-hydrogen) atoms. The van der Waals surface area contributed by atoms with Crippen LogP contribution in [0.25, 0.3) is 10.6 Å². The van der Waals surface area contributed by atoms with Crippen LogP contribution in [-0.2, 0) is 0 Å². The van der Waals surface area contributed by atoms with E-state index >= 15 is 0 Å². The van der Waals surface area contributed by atoms with Gasteiger partial charge in [-0.2, -0.15) is 0 Å². The number of benzene rings is 1. The Morgan fingerprint density at radius 1 is 1.13 bits per heavy atom. The number of nitrogens with one attached hydrogen (secondary N) is 1. The van der Waals surface area contributed by atoms with Crippen molar-refractivity contribution in [3.05, 3.63) is 41.4 Å². The van der Waals surface area contributed by atoms with Crippen molar-refractivity contribution < 1.29 is 4.79 Å². The third-order valence-corrected chi connectivity index (χ3v) is 5.31. The van der Waals surface area contributed by atoms with Gasteiger partial charge >= 0.3 is 0 Å². The van der Waals surface area contributed by atoms with Gasteiger partial charge < -0.3 is 10.2 Å². The average molecular weight is 372 g/mol. The van der Waals surface area contributed by atoms with Crippen molar-refractivity contribution in [2.75, 3.05) is 26.2 Å². The molecule has 0 spiro atoms. The van der Waals surface area contributed by atoms with Crippen LogP contribution < -0.4 is 5.32 Å². The first-order chi connectivity index (χ1) is 10.3. The van der Waals surface area contributed by atoms with Crippen LogP contribution in [0.3, 0.4) is 0 Å². The number of rotatable bonds is 2. The van der Waals surface area contributed by atoms with E-state index in [-0.39, 0.29) is 30.7 Å². The molecule has 2 atom stereocenters. The Morgan fingerprint density at radius 2 is 1.78 bits per heavy atom. The topological polar surface area (TPSA) is 45.2 Å². The number of nitrogens with zero attached hydrogens (tertiary/aromatic N) is 2. The minimum atomic E-state index is 0. The van der Waals surface area contributed by atoms with Gasteiger partial charge in [0, 0.05) is 37.1 Å². The molecule has 0 aliphatic carbocycles. The summed E-state index contributed by atoms with van der Waals surface area (Å²) in [6, 6.07) is 10.0. The Morgan fingerprint density at radius 3 is 2.43 bits per heavy atom. The maximum Gasteiger partial charge on any atom is 0.273 e. The lowest BCUT2D eigenvalue weighted by molar-refractivity contribution is 0.0777. The third kappa shape index (κ3) is 3.53. The molecule has 1 aromatic carbocycles. The SMILES string of the molecule is Cl.Cl.O=C(c1csc(-c2ccccc2)n1)N1C[C@H]2CNC[C@H]2C1. The molecule has 0 unspecified atom stereocenters. The molecular formula is C16H19Cl2N3OS. The van der Waals surface area contributed by atoms with E-state index in [2.05, 4.69) is 10.3 Å². The number of hydrogen-bond acceptors (Lipinski definition) is 4. The van der Waals surface area contributed by atoms with Gasteiger partial charge in [0.15, 0.2) is 0 Å². The molecule has 2 aliphatic rings. The molecule has 0 bridgehead atoms. The van der Waals surface area contributed by atoms with Crippen molar-refractivity contribution in [1.82, 2.24) is 15.2 Å². The first-order valence-electron chi connectivity index (χ1n) is 7.32. The van der Waals surface area contributed by atoms with Gasteiger partial charge in [0.25, 0.3) is 5.91 Å². The molecule has 0 saturated carbocycles. The fourth-order valence-electron chi connectivity index (χ4n) is 3.27. The summed E-state index contributed by atoms with van der Waals surface area (Å²) in [5, 5.41) is 6.20. The average Bonchev–Trinajstić information content (AvgIpc) is 3.22. The summed E-state index contributed by atoms with van der Waals surface area (Å²) in [7, 11) is 0. The molecule has 2 aromatic rings. The highest BCUT2D eigenvalue weighted by Crippen LogP contribution is 2.29. The van der Waals surface area contributed by atoms with Crippen LogP contribution in [0.5, 0.6) is 0 Å². The molecule has 124 valence electrons. The molecule has 1 aromatic heterocycles. The number of aromatic nitrogens is 1. The second kappa shape index (κ2) is 7.62. The molecule has 4 rings (SSSR count). The molecule has 1 N–H and O–H groups in total. The van der Waals surface area contributed by atoms with Gasteiger partial charge in [-0.15, -0.1) is 36.2 Å². The standard InChI is InChI=1S/C16H17N3OS.2ClH/c20-16(19-8-12-6-17-7-13(12)9-19)14-10-21-15(18-14)11-4-2-1-3-5-11;;/h1-5,10,12-13,17H,6-9H2;2*1H/t12-,13+;;. The Labute approximate surface area is 152 Å². The lowest BCUT2D eigenvalue weighted by Crippen LogP contribution is -2.32. The number of amides is 1. The van der Waals surface area contributed by atoms with Gasteiger partial charge in [-0.25, -0.2) is 4.98 Å². The number of hydrogen-bond donors (Lipinski definition) is 1. The number of carbonyl (C=O) groups excluding carboxylic acids is 1.